The summed E-state index contributed by atoms with van der Waals surface area (Å²) in [7, 11) is -2.69. The molecule has 59 heavy (non-hydrogen) atoms. The minimum absolute atomic E-state index is 0.0239. The van der Waals surface area contributed by atoms with E-state index in [-0.39, 0.29) is 65.9 Å². The summed E-state index contributed by atoms with van der Waals surface area (Å²) in [6, 6.07) is 3.80. The normalized spacial score (nSPS) is 30.4. The largest absolute Gasteiger partial charge is 0.408 e. The van der Waals surface area contributed by atoms with Gasteiger partial charge in [-0.2, -0.15) is 15.5 Å². The maximum absolute atomic E-state index is 14.1. The number of H-pyrrole nitrogens is 1. The third kappa shape index (κ3) is 10.5. The number of anilines is 2. The van der Waals surface area contributed by atoms with Gasteiger partial charge in [0.15, 0.2) is 25.7 Å². The van der Waals surface area contributed by atoms with Crippen molar-refractivity contribution in [1.29, 1.82) is 10.5 Å². The van der Waals surface area contributed by atoms with E-state index in [4.69, 9.17) is 43.6 Å². The van der Waals surface area contributed by atoms with E-state index in [2.05, 4.69) is 74.6 Å². The number of aromatic nitrogens is 6. The fourth-order valence-corrected chi connectivity index (χ4v) is 11.5. The van der Waals surface area contributed by atoms with Crippen LogP contribution in [0.15, 0.2) is 23.6 Å². The number of imidazole rings is 1. The van der Waals surface area contributed by atoms with Gasteiger partial charge in [0, 0.05) is 17.9 Å². The zero-order valence-corrected chi connectivity index (χ0v) is 38.1. The number of nitriles is 2. The predicted octanol–water partition coefficient (Wildman–Crippen LogP) is 5.56. The lowest BCUT2D eigenvalue weighted by Gasteiger charge is -2.41. The molecule has 3 aromatic rings. The molecule has 3 fully saturated rings. The Labute approximate surface area is 352 Å². The summed E-state index contributed by atoms with van der Waals surface area (Å²) in [5.74, 6) is -1.04. The second-order valence-electron chi connectivity index (χ2n) is 16.2. The van der Waals surface area contributed by atoms with Crippen molar-refractivity contribution in [3.8, 4) is 12.1 Å². The summed E-state index contributed by atoms with van der Waals surface area (Å²) in [5.41, 5.74) is -0.396. The molecule has 25 heteroatoms. The molecule has 1 aliphatic carbocycles. The molecule has 0 spiro atoms. The summed E-state index contributed by atoms with van der Waals surface area (Å²) in [6.45, 7) is 5.10. The van der Waals surface area contributed by atoms with E-state index in [1.807, 2.05) is 19.2 Å². The van der Waals surface area contributed by atoms with Crippen molar-refractivity contribution < 1.29 is 41.1 Å². The summed E-state index contributed by atoms with van der Waals surface area (Å²) < 4.78 is 60.8. The van der Waals surface area contributed by atoms with Crippen LogP contribution in [0.3, 0.4) is 0 Å². The number of nitrogens with zero attached hydrogens (tertiary/aromatic N) is 7. The molecule has 0 unspecified atom stereocenters. The van der Waals surface area contributed by atoms with Crippen LogP contribution in [0.5, 0.6) is 0 Å². The summed E-state index contributed by atoms with van der Waals surface area (Å²) in [6.07, 6.45) is -0.326. The SMILES string of the molecule is CC(C)C(=O)Nc1nc2c(ncn2[C@@H]2O[C@@H]3CO[P@](=O)(S)O[C@H]4C[C@H](Nc5ncncc5C#N)C[C@@H]4CO[P@](=S)(OCCC#N)O[C@@H]2[C@@H]3O[Si](C)(C)C(C)(C)C)c(=O)[nH]1. The maximum atomic E-state index is 14.1. The van der Waals surface area contributed by atoms with Crippen molar-refractivity contribution in [3.63, 3.8) is 0 Å². The lowest BCUT2D eigenvalue weighted by molar-refractivity contribution is -0.118. The van der Waals surface area contributed by atoms with E-state index in [9.17, 15) is 24.7 Å². The molecule has 2 bridgehead atoms. The van der Waals surface area contributed by atoms with E-state index < -0.39 is 69.9 Å². The minimum atomic E-state index is -4.13. The zero-order chi connectivity index (χ0) is 42.9. The molecule has 6 rings (SSSR count). The lowest BCUT2D eigenvalue weighted by atomic mass is 10.1. The standard InChI is InChI=1S/C34H48N10O10P2S2Si/c1-19(2)30(45)42-33-41-29-25(31(46)43-33)39-18-44(29)32-27-26(54-59(6,7)34(3,4)5)24(51-32)16-49-55(47,57)52-23-12-22(40-28-21(13-36)14-37-17-38-28)11-20(23)15-50-56(58,53-27)48-10-8-9-35/h14,17-20,22-24,26-27,32H,8,10-12,15-16H2,1-7H3,(H,47,57)(H,37,38,40)(H2,41,42,43,45,46)/t20-,22-,23+,24-,26-,27-,32-,55+,56-/m1/s1. The summed E-state index contributed by atoms with van der Waals surface area (Å²) >= 11 is 10.5. The quantitative estimate of drug-likeness (QED) is 0.0839. The van der Waals surface area contributed by atoms with Gasteiger partial charge in [0.2, 0.25) is 11.9 Å². The van der Waals surface area contributed by atoms with Gasteiger partial charge in [0.25, 0.3) is 5.56 Å². The van der Waals surface area contributed by atoms with Crippen LogP contribution >= 0.6 is 25.8 Å². The second kappa shape index (κ2) is 18.1. The van der Waals surface area contributed by atoms with Crippen molar-refractivity contribution in [1.82, 2.24) is 29.5 Å². The van der Waals surface area contributed by atoms with Crippen LogP contribution in [-0.2, 0) is 52.9 Å². The molecule has 20 nitrogen and oxygen atoms in total. The molecule has 3 N–H and O–H groups in total. The number of amides is 1. The van der Waals surface area contributed by atoms with Crippen LogP contribution in [0, 0.1) is 34.5 Å². The number of thiol groups is 1. The van der Waals surface area contributed by atoms with Gasteiger partial charge in [-0.25, -0.2) is 19.5 Å². The van der Waals surface area contributed by atoms with Gasteiger partial charge in [0.1, 0.15) is 42.1 Å². The van der Waals surface area contributed by atoms with Crippen LogP contribution < -0.4 is 16.2 Å². The smallest absolute Gasteiger partial charge is 0.386 e. The third-order valence-corrected chi connectivity index (χ3v) is 19.1. The fraction of sp³-hybridized carbons (Fsp3) is 0.647. The average Bonchev–Trinajstić information content (AvgIpc) is 3.84. The molecule has 3 aliphatic rings. The Hall–Kier alpha value is -3.15. The van der Waals surface area contributed by atoms with Crippen LogP contribution in [0.4, 0.5) is 11.8 Å². The van der Waals surface area contributed by atoms with Crippen molar-refractivity contribution in [3.05, 3.63) is 34.8 Å². The van der Waals surface area contributed by atoms with E-state index >= 15 is 0 Å². The number of fused-ring (bicyclic) bond motifs is 4. The third-order valence-electron chi connectivity index (χ3n) is 10.6. The van der Waals surface area contributed by atoms with Gasteiger partial charge in [0.05, 0.1) is 50.9 Å². The Morgan fingerprint density at radius 2 is 1.95 bits per heavy atom. The zero-order valence-electron chi connectivity index (χ0n) is 33.6. The highest BCUT2D eigenvalue weighted by molar-refractivity contribution is 8.44. The molecule has 9 atom stereocenters. The number of nitrogens with one attached hydrogen (secondary N) is 3. The number of ether oxygens (including phenoxy) is 1. The molecule has 0 aromatic carbocycles. The molecule has 2 aliphatic heterocycles. The van der Waals surface area contributed by atoms with Gasteiger partial charge < -0.3 is 23.5 Å². The van der Waals surface area contributed by atoms with E-state index in [0.29, 0.717) is 18.7 Å². The van der Waals surface area contributed by atoms with E-state index in [0.717, 1.165) is 0 Å². The Kier molecular flexibility index (Phi) is 13.9. The second-order valence-corrected chi connectivity index (χ2v) is 26.8. The van der Waals surface area contributed by atoms with Gasteiger partial charge in [-0.15, -0.1) is 0 Å². The predicted molar refractivity (Wildman–Crippen MR) is 223 cm³/mol. The van der Waals surface area contributed by atoms with Crippen LogP contribution in [0.25, 0.3) is 11.2 Å². The summed E-state index contributed by atoms with van der Waals surface area (Å²) in [5, 5.41) is 24.6. The van der Waals surface area contributed by atoms with Crippen molar-refractivity contribution in [2.24, 2.45) is 11.8 Å². The van der Waals surface area contributed by atoms with Crippen LogP contribution in [-0.4, -0.2) is 94.0 Å². The van der Waals surface area contributed by atoms with Crippen molar-refractivity contribution in [2.75, 3.05) is 30.5 Å². The molecular weight excluding hydrogens is 863 g/mol. The van der Waals surface area contributed by atoms with Crippen molar-refractivity contribution in [2.45, 2.75) is 109 Å². The lowest BCUT2D eigenvalue weighted by Crippen LogP contribution is -2.50. The number of carbonyl (C=O) groups is 1. The monoisotopic (exact) mass is 910 g/mol. The molecule has 1 saturated carbocycles. The van der Waals surface area contributed by atoms with E-state index in [1.165, 1.54) is 23.4 Å². The highest BCUT2D eigenvalue weighted by Crippen LogP contribution is 2.60. The highest BCUT2D eigenvalue weighted by atomic mass is 32.7. The topological polar surface area (TPSA) is 260 Å². The molecule has 320 valence electrons. The van der Waals surface area contributed by atoms with Gasteiger partial charge in [-0.05, 0) is 42.8 Å². The first-order valence-corrected chi connectivity index (χ1v) is 27.1. The van der Waals surface area contributed by atoms with Gasteiger partial charge >= 0.3 is 13.5 Å². The van der Waals surface area contributed by atoms with Gasteiger partial charge in [-0.3, -0.25) is 38.0 Å². The maximum Gasteiger partial charge on any atom is 0.386 e. The first-order valence-electron chi connectivity index (χ1n) is 18.9. The Morgan fingerprint density at radius 1 is 1.19 bits per heavy atom. The molecule has 1 amide bonds. The molecule has 5 heterocycles. The van der Waals surface area contributed by atoms with Crippen molar-refractivity contribution >= 4 is 74.7 Å². The average molecular weight is 911 g/mol. The van der Waals surface area contributed by atoms with Gasteiger partial charge in [-0.1, -0.05) is 46.9 Å². The van der Waals surface area contributed by atoms with E-state index in [1.54, 1.807) is 13.8 Å². The Morgan fingerprint density at radius 3 is 2.64 bits per heavy atom. The number of rotatable bonds is 10. The first-order chi connectivity index (χ1) is 27.7. The molecule has 0 radical (unpaired) electrons. The number of aromatic amines is 1. The Bertz CT molecular complexity index is 2280. The minimum Gasteiger partial charge on any atom is -0.408 e. The molecule has 2 saturated heterocycles. The highest BCUT2D eigenvalue weighted by Gasteiger charge is 2.55. The number of hydrogen-bond acceptors (Lipinski definition) is 18. The fourth-order valence-electron chi connectivity index (χ4n) is 6.51. The molecule has 3 aromatic heterocycles. The Balaban J connectivity index is 1.42. The number of hydrogen-bond donors (Lipinski definition) is 4. The number of carbonyl (C=O) groups excluding carboxylic acids is 1. The van der Waals surface area contributed by atoms with Crippen LogP contribution in [0.2, 0.25) is 18.1 Å². The first kappa shape index (κ1) is 45.4. The van der Waals surface area contributed by atoms with Crippen LogP contribution in [0.1, 0.15) is 65.7 Å². The molecular formula is C34H48N10O10P2S2Si. The summed E-state index contributed by atoms with van der Waals surface area (Å²) in [4.78, 5) is 45.4.